The van der Waals surface area contributed by atoms with E-state index in [2.05, 4.69) is 162 Å². The molecule has 0 saturated carbocycles. The third-order valence-corrected chi connectivity index (χ3v) is 20.6. The number of aromatic nitrogens is 8. The van der Waals surface area contributed by atoms with Crippen LogP contribution < -0.4 is 0 Å². The molecule has 0 aliphatic rings. The normalized spacial score (nSPS) is 11.2. The molecule has 4 heterocycles. The van der Waals surface area contributed by atoms with Gasteiger partial charge in [0.05, 0.1) is 48.4 Å². The second-order valence-electron chi connectivity index (χ2n) is 27.4. The average Bonchev–Trinajstić information content (AvgIpc) is 1.59. The third-order valence-electron chi connectivity index (χ3n) is 20.6. The van der Waals surface area contributed by atoms with Gasteiger partial charge in [-0.15, -0.1) is 0 Å². The van der Waals surface area contributed by atoms with E-state index >= 15 is 0 Å². The summed E-state index contributed by atoms with van der Waals surface area (Å²) in [5.41, 5.74) is 23.8. The van der Waals surface area contributed by atoms with Gasteiger partial charge < -0.3 is 9.13 Å². The summed E-state index contributed by atoms with van der Waals surface area (Å²) >= 11 is 0. The molecule has 15 aromatic carbocycles. The SMILES string of the molecule is [C-]#[N+]c1cccc(-c2ccc3c(c2)c2cc(-c4cccc([N+]#[C-])c4)ccc2n3-c2cc(-c3cccc(-c4cc(-c5nc(-c6ccccc6)nc(-c6ccccc6)n5)cc(-n5c6ccc(-c7cccc([N+]#[C-])c7)cc6c6cc(-c7cccc([N+]#[C-])c7)ccc65)c4)c3)cc(-c3nc(-c4ccccc4)nc(-c4ccccc4)n3)c2)c1. The zero-order valence-electron chi connectivity index (χ0n) is 59.9. The maximum absolute atomic E-state index is 7.93. The van der Waals surface area contributed by atoms with E-state index in [-0.39, 0.29) is 0 Å². The van der Waals surface area contributed by atoms with Crippen molar-refractivity contribution in [3.63, 3.8) is 0 Å². The van der Waals surface area contributed by atoms with Crippen molar-refractivity contribution >= 4 is 66.4 Å². The molecule has 0 bridgehead atoms. The summed E-state index contributed by atoms with van der Waals surface area (Å²) in [4.78, 5) is 47.0. The lowest BCUT2D eigenvalue weighted by molar-refractivity contribution is 1.07. The maximum Gasteiger partial charge on any atom is 0.187 e. The van der Waals surface area contributed by atoms with Gasteiger partial charge in [0.15, 0.2) is 57.7 Å². The van der Waals surface area contributed by atoms with E-state index in [1.807, 2.05) is 218 Å². The Morgan fingerprint density at radius 3 is 0.634 bits per heavy atom. The Morgan fingerprint density at radius 1 is 0.170 bits per heavy atom. The van der Waals surface area contributed by atoms with Crippen molar-refractivity contribution in [2.45, 2.75) is 0 Å². The number of rotatable bonds is 14. The highest BCUT2D eigenvalue weighted by Gasteiger charge is 2.24. The minimum atomic E-state index is 0.482. The van der Waals surface area contributed by atoms with Crippen LogP contribution in [0.4, 0.5) is 22.7 Å². The molecule has 12 nitrogen and oxygen atoms in total. The fourth-order valence-corrected chi connectivity index (χ4v) is 15.2. The van der Waals surface area contributed by atoms with Crippen molar-refractivity contribution in [1.82, 2.24) is 39.0 Å². The van der Waals surface area contributed by atoms with Crippen LogP contribution in [0.5, 0.6) is 0 Å². The van der Waals surface area contributed by atoms with E-state index in [0.29, 0.717) is 57.7 Å². The fraction of sp³-hybridized carbons (Fsp3) is 0. The standard InChI is InChI=1S/C100H58N12/c1-101-81-36-18-32-69(51-81)73-40-44-91-87(59-73)88-60-74(70-33-19-37-82(52-70)102-2)41-45-92(88)111(91)85-55-77(49-79(57-85)99-107-95(63-22-9-5-10-23-63)105-96(108-99)64-24-11-6-12-25-64)67-30-17-31-68(48-67)78-50-80(100-109-97(65-26-13-7-14-27-65)106-98(110-100)66-28-15-8-16-29-66)58-86(56-78)112-93-46-42-75(71-34-20-38-83(53-71)103-3)61-89(93)90-62-76(43-47-94(90)112)72-35-21-39-84(54-72)104-4/h5-62H. The highest BCUT2D eigenvalue weighted by atomic mass is 15.1. The predicted molar refractivity (Wildman–Crippen MR) is 452 cm³/mol. The summed E-state index contributed by atoms with van der Waals surface area (Å²) in [5, 5.41) is 3.99. The predicted octanol–water partition coefficient (Wildman–Crippen LogP) is 26.5. The fourth-order valence-electron chi connectivity index (χ4n) is 15.2. The van der Waals surface area contributed by atoms with Crippen LogP contribution in [0.25, 0.3) is 209 Å². The van der Waals surface area contributed by atoms with E-state index < -0.39 is 0 Å². The molecule has 0 amide bonds. The third kappa shape index (κ3) is 12.6. The first kappa shape index (κ1) is 66.6. The Kier molecular flexibility index (Phi) is 16.8. The van der Waals surface area contributed by atoms with Crippen molar-refractivity contribution in [2.75, 3.05) is 0 Å². The number of fused-ring (bicyclic) bond motifs is 6. The monoisotopic (exact) mass is 1430 g/mol. The summed E-state index contributed by atoms with van der Waals surface area (Å²) < 4.78 is 4.64. The van der Waals surface area contributed by atoms with Crippen molar-refractivity contribution in [2.24, 2.45) is 0 Å². The van der Waals surface area contributed by atoms with Crippen LogP contribution in [-0.2, 0) is 0 Å². The van der Waals surface area contributed by atoms with E-state index in [1.165, 1.54) is 0 Å². The molecular formula is C100H58N12. The average molecular weight is 1430 g/mol. The molecule has 0 aliphatic carbocycles. The maximum atomic E-state index is 7.93. The number of nitrogens with zero attached hydrogens (tertiary/aromatic N) is 12. The minimum Gasteiger partial charge on any atom is -0.309 e. The Balaban J connectivity index is 0.855. The van der Waals surface area contributed by atoms with Crippen LogP contribution in [0.1, 0.15) is 0 Å². The first-order valence-electron chi connectivity index (χ1n) is 36.5. The van der Waals surface area contributed by atoms with Crippen LogP contribution in [-0.4, -0.2) is 39.0 Å². The van der Waals surface area contributed by atoms with Gasteiger partial charge in [-0.25, -0.2) is 49.3 Å². The zero-order chi connectivity index (χ0) is 75.2. The van der Waals surface area contributed by atoms with Crippen LogP contribution in [0, 0.1) is 26.3 Å². The van der Waals surface area contributed by atoms with Gasteiger partial charge in [0, 0.05) is 66.3 Å². The quantitative estimate of drug-likeness (QED) is 0.100. The summed E-state index contributed by atoms with van der Waals surface area (Å²) in [6, 6.07) is 119. The second-order valence-corrected chi connectivity index (χ2v) is 27.4. The van der Waals surface area contributed by atoms with Gasteiger partial charge in [-0.2, -0.15) is 0 Å². The molecule has 0 radical (unpaired) electrons. The molecule has 0 spiro atoms. The molecule has 0 aliphatic heterocycles. The molecule has 518 valence electrons. The second kappa shape index (κ2) is 28.3. The van der Waals surface area contributed by atoms with Crippen LogP contribution in [0.2, 0.25) is 0 Å². The zero-order valence-corrected chi connectivity index (χ0v) is 59.9. The lowest BCUT2D eigenvalue weighted by atomic mass is 9.95. The first-order chi connectivity index (χ1) is 55.2. The largest absolute Gasteiger partial charge is 0.309 e. The van der Waals surface area contributed by atoms with E-state index in [4.69, 9.17) is 56.2 Å². The van der Waals surface area contributed by atoms with Gasteiger partial charge in [-0.1, -0.05) is 237 Å². The van der Waals surface area contributed by atoms with Gasteiger partial charge in [-0.05, 0) is 182 Å². The highest BCUT2D eigenvalue weighted by molar-refractivity contribution is 6.13. The van der Waals surface area contributed by atoms with Crippen molar-refractivity contribution in [1.29, 1.82) is 0 Å². The summed E-state index contributed by atoms with van der Waals surface area (Å²) in [7, 11) is 0. The summed E-state index contributed by atoms with van der Waals surface area (Å²) in [5.74, 6) is 3.08. The van der Waals surface area contributed by atoms with Crippen molar-refractivity contribution < 1.29 is 0 Å². The van der Waals surface area contributed by atoms with E-state index in [0.717, 1.165) is 155 Å². The van der Waals surface area contributed by atoms with Gasteiger partial charge in [0.2, 0.25) is 0 Å². The van der Waals surface area contributed by atoms with Crippen LogP contribution >= 0.6 is 0 Å². The molecule has 19 aromatic rings. The first-order valence-corrected chi connectivity index (χ1v) is 36.5. The molecule has 12 heteroatoms. The van der Waals surface area contributed by atoms with Gasteiger partial charge in [0.25, 0.3) is 0 Å². The van der Waals surface area contributed by atoms with Crippen molar-refractivity contribution in [3.8, 4) is 146 Å². The molecule has 0 N–H and O–H groups in total. The molecule has 0 saturated heterocycles. The molecule has 0 unspecified atom stereocenters. The van der Waals surface area contributed by atoms with Crippen LogP contribution in [0.15, 0.2) is 352 Å². The van der Waals surface area contributed by atoms with Crippen LogP contribution in [0.3, 0.4) is 0 Å². The van der Waals surface area contributed by atoms with Gasteiger partial charge >= 0.3 is 0 Å². The van der Waals surface area contributed by atoms with E-state index in [1.54, 1.807) is 0 Å². The molecule has 19 rings (SSSR count). The molecular weight excluding hydrogens is 1370 g/mol. The molecule has 4 aromatic heterocycles. The molecule has 112 heavy (non-hydrogen) atoms. The smallest absolute Gasteiger partial charge is 0.187 e. The van der Waals surface area contributed by atoms with Crippen molar-refractivity contribution in [3.05, 3.63) is 398 Å². The lowest BCUT2D eigenvalue weighted by Crippen LogP contribution is -2.02. The summed E-state index contributed by atoms with van der Waals surface area (Å²) in [6.07, 6.45) is 0. The summed E-state index contributed by atoms with van der Waals surface area (Å²) in [6.45, 7) is 31.7. The minimum absolute atomic E-state index is 0.482. The topological polar surface area (TPSA) is 105 Å². The number of hydrogen-bond acceptors (Lipinski definition) is 6. The molecule has 0 fully saturated rings. The van der Waals surface area contributed by atoms with Gasteiger partial charge in [-0.3, -0.25) is 0 Å². The Morgan fingerprint density at radius 2 is 0.375 bits per heavy atom. The molecule has 0 atom stereocenters. The van der Waals surface area contributed by atoms with E-state index in [9.17, 15) is 0 Å². The lowest BCUT2D eigenvalue weighted by Gasteiger charge is -2.16. The number of hydrogen-bond donors (Lipinski definition) is 0. The Labute approximate surface area is 645 Å². The highest BCUT2D eigenvalue weighted by Crippen LogP contribution is 2.45. The van der Waals surface area contributed by atoms with Gasteiger partial charge in [0.1, 0.15) is 0 Å². The Hall–Kier alpha value is -16.1. The Bertz CT molecular complexity index is 6410. The number of benzene rings is 15.